The molecule has 88 valence electrons. The molecule has 2 aromatic rings. The van der Waals surface area contributed by atoms with Crippen molar-refractivity contribution in [3.8, 4) is 0 Å². The molecule has 0 aliphatic heterocycles. The summed E-state index contributed by atoms with van der Waals surface area (Å²) in [7, 11) is 0. The van der Waals surface area contributed by atoms with Crippen molar-refractivity contribution < 1.29 is 4.39 Å². The summed E-state index contributed by atoms with van der Waals surface area (Å²) in [6, 6.07) is 9.21. The first-order valence-corrected chi connectivity index (χ1v) is 5.58. The largest absolute Gasteiger partial charge is 0.397 e. The van der Waals surface area contributed by atoms with Crippen molar-refractivity contribution in [2.75, 3.05) is 11.1 Å². The molecule has 3 N–H and O–H groups in total. The van der Waals surface area contributed by atoms with Crippen molar-refractivity contribution >= 4 is 40.3 Å². The number of hydrogen-bond acceptors (Lipinski definition) is 2. The third-order valence-corrected chi connectivity index (χ3v) is 2.61. The smallest absolute Gasteiger partial charge is 0.126 e. The van der Waals surface area contributed by atoms with Crippen LogP contribution in [-0.2, 0) is 0 Å². The standard InChI is InChI=1S/C12H9Cl2FN2/c13-7-1-2-12(11(16)5-7)17-10-4-8(14)3-9(15)6-10/h1-6,17H,16H2. The van der Waals surface area contributed by atoms with E-state index in [4.69, 9.17) is 28.9 Å². The predicted octanol–water partition coefficient (Wildman–Crippen LogP) is 4.46. The number of nitrogens with two attached hydrogens (primary N) is 1. The predicted molar refractivity (Wildman–Crippen MR) is 70.6 cm³/mol. The minimum absolute atomic E-state index is 0.319. The fourth-order valence-electron chi connectivity index (χ4n) is 1.43. The van der Waals surface area contributed by atoms with Crippen LogP contribution >= 0.6 is 23.2 Å². The van der Waals surface area contributed by atoms with E-state index in [-0.39, 0.29) is 0 Å². The van der Waals surface area contributed by atoms with Crippen LogP contribution in [0.4, 0.5) is 21.5 Å². The van der Waals surface area contributed by atoms with E-state index in [1.165, 1.54) is 12.1 Å². The molecule has 0 aliphatic carbocycles. The number of hydrogen-bond donors (Lipinski definition) is 2. The fourth-order valence-corrected chi connectivity index (χ4v) is 1.83. The van der Waals surface area contributed by atoms with Crippen LogP contribution in [0.5, 0.6) is 0 Å². The zero-order valence-corrected chi connectivity index (χ0v) is 10.2. The average molecular weight is 271 g/mol. The molecule has 0 spiro atoms. The quantitative estimate of drug-likeness (QED) is 0.791. The summed E-state index contributed by atoms with van der Waals surface area (Å²) in [5, 5.41) is 3.84. The SMILES string of the molecule is Nc1cc(Cl)ccc1Nc1cc(F)cc(Cl)c1. The van der Waals surface area contributed by atoms with Crippen LogP contribution in [0, 0.1) is 5.82 Å². The maximum absolute atomic E-state index is 13.1. The van der Waals surface area contributed by atoms with Gasteiger partial charge < -0.3 is 11.1 Å². The Hall–Kier alpha value is -1.45. The Morgan fingerprint density at radius 3 is 2.41 bits per heavy atom. The van der Waals surface area contributed by atoms with E-state index in [0.29, 0.717) is 27.1 Å². The Balaban J connectivity index is 2.31. The lowest BCUT2D eigenvalue weighted by molar-refractivity contribution is 0.628. The summed E-state index contributed by atoms with van der Waals surface area (Å²) in [4.78, 5) is 0. The van der Waals surface area contributed by atoms with Crippen molar-refractivity contribution in [2.24, 2.45) is 0 Å². The van der Waals surface area contributed by atoms with Crippen LogP contribution in [0.15, 0.2) is 36.4 Å². The molecule has 0 aliphatic rings. The van der Waals surface area contributed by atoms with Gasteiger partial charge in [-0.05, 0) is 36.4 Å². The Morgan fingerprint density at radius 1 is 1.00 bits per heavy atom. The molecule has 0 radical (unpaired) electrons. The van der Waals surface area contributed by atoms with Gasteiger partial charge in [0.25, 0.3) is 0 Å². The van der Waals surface area contributed by atoms with Gasteiger partial charge in [-0.3, -0.25) is 0 Å². The van der Waals surface area contributed by atoms with Crippen LogP contribution in [0.25, 0.3) is 0 Å². The Bertz CT molecular complexity index is 538. The lowest BCUT2D eigenvalue weighted by Gasteiger charge is -2.10. The topological polar surface area (TPSA) is 38.0 Å². The molecule has 0 aromatic heterocycles. The van der Waals surface area contributed by atoms with E-state index in [9.17, 15) is 4.39 Å². The Kier molecular flexibility index (Phi) is 3.41. The molecule has 0 fully saturated rings. The lowest BCUT2D eigenvalue weighted by atomic mass is 10.2. The Morgan fingerprint density at radius 2 is 1.76 bits per heavy atom. The average Bonchev–Trinajstić information content (AvgIpc) is 2.21. The van der Waals surface area contributed by atoms with Crippen LogP contribution < -0.4 is 11.1 Å². The van der Waals surface area contributed by atoms with E-state index in [1.54, 1.807) is 24.3 Å². The molecule has 0 unspecified atom stereocenters. The number of rotatable bonds is 2. The highest BCUT2D eigenvalue weighted by Crippen LogP contribution is 2.27. The molecule has 17 heavy (non-hydrogen) atoms. The Labute approximate surface area is 108 Å². The molecule has 0 saturated heterocycles. The van der Waals surface area contributed by atoms with Crippen LogP contribution in [0.2, 0.25) is 10.0 Å². The van der Waals surface area contributed by atoms with Gasteiger partial charge in [-0.2, -0.15) is 0 Å². The van der Waals surface area contributed by atoms with Gasteiger partial charge in [0.05, 0.1) is 11.4 Å². The summed E-state index contributed by atoms with van der Waals surface area (Å²) in [5.74, 6) is -0.410. The molecule has 0 bridgehead atoms. The van der Waals surface area contributed by atoms with Crippen molar-refractivity contribution in [1.29, 1.82) is 0 Å². The highest BCUT2D eigenvalue weighted by atomic mass is 35.5. The summed E-state index contributed by atoms with van der Waals surface area (Å²) < 4.78 is 13.1. The highest BCUT2D eigenvalue weighted by molar-refractivity contribution is 6.31. The number of halogens is 3. The van der Waals surface area contributed by atoms with Gasteiger partial charge in [-0.25, -0.2) is 4.39 Å². The van der Waals surface area contributed by atoms with Gasteiger partial charge in [0.15, 0.2) is 0 Å². The zero-order chi connectivity index (χ0) is 12.4. The molecule has 5 heteroatoms. The second kappa shape index (κ2) is 4.82. The first-order chi connectivity index (χ1) is 8.04. The molecule has 0 atom stereocenters. The number of benzene rings is 2. The second-order valence-corrected chi connectivity index (χ2v) is 4.39. The molecular weight excluding hydrogens is 262 g/mol. The van der Waals surface area contributed by atoms with Crippen molar-refractivity contribution in [1.82, 2.24) is 0 Å². The third kappa shape index (κ3) is 3.02. The number of nitrogen functional groups attached to an aromatic ring is 1. The van der Waals surface area contributed by atoms with E-state index >= 15 is 0 Å². The van der Waals surface area contributed by atoms with Gasteiger partial charge >= 0.3 is 0 Å². The van der Waals surface area contributed by atoms with E-state index in [0.717, 1.165) is 0 Å². The van der Waals surface area contributed by atoms with E-state index in [2.05, 4.69) is 5.32 Å². The summed E-state index contributed by atoms with van der Waals surface area (Å²) in [6.45, 7) is 0. The number of anilines is 3. The molecule has 2 aromatic carbocycles. The van der Waals surface area contributed by atoms with Gasteiger partial charge in [0, 0.05) is 15.7 Å². The van der Waals surface area contributed by atoms with Crippen molar-refractivity contribution in [2.45, 2.75) is 0 Å². The summed E-state index contributed by atoms with van der Waals surface area (Å²) in [5.41, 5.74) is 7.44. The maximum Gasteiger partial charge on any atom is 0.126 e. The van der Waals surface area contributed by atoms with Crippen LogP contribution in [-0.4, -0.2) is 0 Å². The minimum Gasteiger partial charge on any atom is -0.397 e. The van der Waals surface area contributed by atoms with Gasteiger partial charge in [0.2, 0.25) is 0 Å². The van der Waals surface area contributed by atoms with Crippen LogP contribution in [0.3, 0.4) is 0 Å². The van der Waals surface area contributed by atoms with Crippen LogP contribution in [0.1, 0.15) is 0 Å². The van der Waals surface area contributed by atoms with E-state index < -0.39 is 5.82 Å². The van der Waals surface area contributed by atoms with Gasteiger partial charge in [0.1, 0.15) is 5.82 Å². The summed E-state index contributed by atoms with van der Waals surface area (Å²) in [6.07, 6.45) is 0. The monoisotopic (exact) mass is 270 g/mol. The first kappa shape index (κ1) is 12.0. The fraction of sp³-hybridized carbons (Fsp3) is 0. The molecule has 0 amide bonds. The summed E-state index contributed by atoms with van der Waals surface area (Å²) >= 11 is 11.5. The molecule has 0 saturated carbocycles. The van der Waals surface area contributed by atoms with Gasteiger partial charge in [-0.1, -0.05) is 23.2 Å². The lowest BCUT2D eigenvalue weighted by Crippen LogP contribution is -1.96. The van der Waals surface area contributed by atoms with E-state index in [1.807, 2.05) is 0 Å². The molecule has 2 nitrogen and oxygen atoms in total. The third-order valence-electron chi connectivity index (χ3n) is 2.16. The zero-order valence-electron chi connectivity index (χ0n) is 8.68. The molecule has 0 heterocycles. The second-order valence-electron chi connectivity index (χ2n) is 3.51. The van der Waals surface area contributed by atoms with Crippen molar-refractivity contribution in [3.05, 3.63) is 52.3 Å². The minimum atomic E-state index is -0.410. The van der Waals surface area contributed by atoms with Gasteiger partial charge in [-0.15, -0.1) is 0 Å². The molecule has 2 rings (SSSR count). The maximum atomic E-state index is 13.1. The normalized spacial score (nSPS) is 10.3. The van der Waals surface area contributed by atoms with Crippen molar-refractivity contribution in [3.63, 3.8) is 0 Å². The number of nitrogens with one attached hydrogen (secondary N) is 1. The highest BCUT2D eigenvalue weighted by Gasteiger charge is 2.03. The molecular formula is C12H9Cl2FN2. The first-order valence-electron chi connectivity index (χ1n) is 4.83.